The van der Waals surface area contributed by atoms with Crippen LogP contribution in [0.3, 0.4) is 0 Å². The lowest BCUT2D eigenvalue weighted by Crippen LogP contribution is -2.46. The quantitative estimate of drug-likeness (QED) is 0.684. The first-order chi connectivity index (χ1) is 10.2. The van der Waals surface area contributed by atoms with E-state index in [0.717, 1.165) is 27.7 Å². The minimum absolute atomic E-state index is 0.237. The Kier molecular flexibility index (Phi) is 5.65. The average Bonchev–Trinajstić information content (AvgIpc) is 2.83. The van der Waals surface area contributed by atoms with Gasteiger partial charge in [-0.2, -0.15) is 0 Å². The van der Waals surface area contributed by atoms with Gasteiger partial charge in [0.25, 0.3) is 5.91 Å². The van der Waals surface area contributed by atoms with Gasteiger partial charge in [-0.15, -0.1) is 0 Å². The van der Waals surface area contributed by atoms with Crippen LogP contribution in [0.1, 0.15) is 40.0 Å². The number of ether oxygens (including phenoxy) is 1. The lowest BCUT2D eigenvalue weighted by Gasteiger charge is -2.30. The standard InChI is InChI=1S/C14H21IN2O4S/c1-14(2,3)22(20)16-10-6-4-5-9(15)11(10)12(18)17-7-8-21-13(17)19/h10,16H,4-8H2,1-3H3. The number of nitrogens with one attached hydrogen (secondary N) is 1. The van der Waals surface area contributed by atoms with Gasteiger partial charge >= 0.3 is 6.09 Å². The normalized spacial score (nSPS) is 24.5. The van der Waals surface area contributed by atoms with Gasteiger partial charge in [-0.05, 0) is 62.6 Å². The summed E-state index contributed by atoms with van der Waals surface area (Å²) in [6, 6.07) is -0.290. The molecule has 124 valence electrons. The van der Waals surface area contributed by atoms with Crippen molar-refractivity contribution in [3.05, 3.63) is 9.15 Å². The van der Waals surface area contributed by atoms with E-state index in [1.54, 1.807) is 0 Å². The first kappa shape index (κ1) is 17.9. The third-order valence-electron chi connectivity index (χ3n) is 3.57. The predicted molar refractivity (Wildman–Crippen MR) is 92.8 cm³/mol. The summed E-state index contributed by atoms with van der Waals surface area (Å²) < 4.78 is 20.8. The Morgan fingerprint density at radius 2 is 2.14 bits per heavy atom. The monoisotopic (exact) mass is 440 g/mol. The van der Waals surface area contributed by atoms with E-state index in [1.807, 2.05) is 20.8 Å². The molecule has 2 unspecified atom stereocenters. The maximum Gasteiger partial charge on any atom is 0.416 e. The molecule has 6 nitrogen and oxygen atoms in total. The Bertz CT molecular complexity index is 541. The van der Waals surface area contributed by atoms with Crippen molar-refractivity contribution in [3.63, 3.8) is 0 Å². The molecule has 2 aliphatic rings. The van der Waals surface area contributed by atoms with Crippen LogP contribution in [-0.4, -0.2) is 45.0 Å². The summed E-state index contributed by atoms with van der Waals surface area (Å²) in [6.07, 6.45) is 1.88. The van der Waals surface area contributed by atoms with Crippen LogP contribution in [-0.2, 0) is 20.5 Å². The smallest absolute Gasteiger partial charge is 0.416 e. The highest BCUT2D eigenvalue weighted by molar-refractivity contribution is 14.1. The van der Waals surface area contributed by atoms with Crippen LogP contribution in [0.15, 0.2) is 9.15 Å². The Labute approximate surface area is 146 Å². The number of amides is 2. The number of hydrogen-bond acceptors (Lipinski definition) is 4. The van der Waals surface area contributed by atoms with Crippen LogP contribution in [0.4, 0.5) is 4.79 Å². The third-order valence-corrected chi connectivity index (χ3v) is 6.30. The second-order valence-electron chi connectivity index (χ2n) is 6.33. The maximum atomic E-state index is 12.7. The van der Waals surface area contributed by atoms with Gasteiger partial charge in [-0.25, -0.2) is 18.6 Å². The molecule has 1 N–H and O–H groups in total. The molecule has 1 heterocycles. The molecule has 22 heavy (non-hydrogen) atoms. The highest BCUT2D eigenvalue weighted by atomic mass is 127. The van der Waals surface area contributed by atoms with Gasteiger partial charge in [0.1, 0.15) is 6.61 Å². The third kappa shape index (κ3) is 3.88. The van der Waals surface area contributed by atoms with E-state index in [2.05, 4.69) is 27.3 Å². The molecule has 0 radical (unpaired) electrons. The zero-order valence-corrected chi connectivity index (χ0v) is 16.0. The first-order valence-electron chi connectivity index (χ1n) is 7.27. The Morgan fingerprint density at radius 1 is 1.45 bits per heavy atom. The predicted octanol–water partition coefficient (Wildman–Crippen LogP) is 2.26. The van der Waals surface area contributed by atoms with Gasteiger partial charge < -0.3 is 4.74 Å². The fourth-order valence-corrected chi connectivity index (χ4v) is 4.18. The van der Waals surface area contributed by atoms with E-state index in [9.17, 15) is 13.8 Å². The van der Waals surface area contributed by atoms with Gasteiger partial charge in [0.15, 0.2) is 0 Å². The Hall–Kier alpha value is -0.480. The van der Waals surface area contributed by atoms with Crippen molar-refractivity contribution in [2.24, 2.45) is 0 Å². The summed E-state index contributed by atoms with van der Waals surface area (Å²) in [5, 5.41) is 0. The van der Waals surface area contributed by atoms with Gasteiger partial charge in [0.05, 0.1) is 28.3 Å². The van der Waals surface area contributed by atoms with Gasteiger partial charge in [-0.1, -0.05) is 0 Å². The number of rotatable bonds is 3. The van der Waals surface area contributed by atoms with Crippen molar-refractivity contribution in [3.8, 4) is 0 Å². The van der Waals surface area contributed by atoms with Crippen molar-refractivity contribution in [2.75, 3.05) is 13.2 Å². The zero-order chi connectivity index (χ0) is 16.5. The molecule has 2 atom stereocenters. The van der Waals surface area contributed by atoms with Gasteiger partial charge in [0.2, 0.25) is 0 Å². The lowest BCUT2D eigenvalue weighted by molar-refractivity contribution is -0.124. The van der Waals surface area contributed by atoms with Crippen molar-refractivity contribution in [1.29, 1.82) is 0 Å². The number of imide groups is 1. The largest absolute Gasteiger partial charge is 0.447 e. The number of cyclic esters (lactones) is 1. The second-order valence-corrected chi connectivity index (χ2v) is 9.63. The van der Waals surface area contributed by atoms with Crippen molar-refractivity contribution in [1.82, 2.24) is 9.62 Å². The molecule has 0 saturated carbocycles. The first-order valence-corrected chi connectivity index (χ1v) is 9.50. The molecular formula is C14H21IN2O4S. The highest BCUT2D eigenvalue weighted by Crippen LogP contribution is 2.32. The lowest BCUT2D eigenvalue weighted by atomic mass is 9.94. The van der Waals surface area contributed by atoms with E-state index in [0.29, 0.717) is 5.57 Å². The molecular weight excluding hydrogens is 419 g/mol. The summed E-state index contributed by atoms with van der Waals surface area (Å²) in [6.45, 7) is 6.16. The summed E-state index contributed by atoms with van der Waals surface area (Å²) in [5.41, 5.74) is 0.559. The van der Waals surface area contributed by atoms with E-state index in [-0.39, 0.29) is 25.1 Å². The summed E-state index contributed by atoms with van der Waals surface area (Å²) in [5.74, 6) is -0.324. The number of halogens is 1. The molecule has 0 spiro atoms. The SMILES string of the molecule is CC(C)(C)S(=O)NC1CCCC(I)=C1C(=O)N1CCOC1=O. The van der Waals surface area contributed by atoms with E-state index < -0.39 is 21.8 Å². The zero-order valence-electron chi connectivity index (χ0n) is 13.0. The Balaban J connectivity index is 2.22. The summed E-state index contributed by atoms with van der Waals surface area (Å²) in [4.78, 5) is 25.4. The molecule has 2 rings (SSSR count). The van der Waals surface area contributed by atoms with E-state index >= 15 is 0 Å². The molecule has 1 saturated heterocycles. The minimum atomic E-state index is -1.27. The van der Waals surface area contributed by atoms with Crippen molar-refractivity contribution < 1.29 is 18.5 Å². The number of carbonyl (C=O) groups excluding carboxylic acids is 2. The van der Waals surface area contributed by atoms with Crippen LogP contribution in [0.2, 0.25) is 0 Å². The molecule has 1 aliphatic carbocycles. The number of hydrogen-bond donors (Lipinski definition) is 1. The van der Waals surface area contributed by atoms with E-state index in [1.165, 1.54) is 0 Å². The minimum Gasteiger partial charge on any atom is -0.447 e. The van der Waals surface area contributed by atoms with Crippen LogP contribution >= 0.6 is 22.6 Å². The number of nitrogens with zero attached hydrogens (tertiary/aromatic N) is 1. The van der Waals surface area contributed by atoms with E-state index in [4.69, 9.17) is 4.74 Å². The maximum absolute atomic E-state index is 12.7. The van der Waals surface area contributed by atoms with Gasteiger partial charge in [0, 0.05) is 9.15 Å². The number of allylic oxidation sites excluding steroid dienone is 1. The van der Waals surface area contributed by atoms with Crippen LogP contribution < -0.4 is 4.72 Å². The second kappa shape index (κ2) is 6.96. The average molecular weight is 440 g/mol. The summed E-state index contributed by atoms with van der Waals surface area (Å²) >= 11 is 2.15. The molecule has 0 bridgehead atoms. The molecule has 0 aromatic rings. The molecule has 1 aliphatic heterocycles. The number of carbonyl (C=O) groups is 2. The molecule has 2 amide bonds. The Morgan fingerprint density at radius 3 is 2.68 bits per heavy atom. The highest BCUT2D eigenvalue weighted by Gasteiger charge is 2.37. The fraction of sp³-hybridized carbons (Fsp3) is 0.714. The topological polar surface area (TPSA) is 75.7 Å². The fourth-order valence-electron chi connectivity index (χ4n) is 2.34. The molecule has 0 aromatic heterocycles. The van der Waals surface area contributed by atoms with Crippen LogP contribution in [0, 0.1) is 0 Å². The molecule has 1 fully saturated rings. The molecule has 8 heteroatoms. The van der Waals surface area contributed by atoms with Crippen LogP contribution in [0.25, 0.3) is 0 Å². The van der Waals surface area contributed by atoms with Crippen molar-refractivity contribution >= 4 is 45.6 Å². The van der Waals surface area contributed by atoms with Crippen LogP contribution in [0.5, 0.6) is 0 Å². The molecule has 0 aromatic carbocycles. The van der Waals surface area contributed by atoms with Crippen molar-refractivity contribution in [2.45, 2.75) is 50.8 Å². The summed E-state index contributed by atoms with van der Waals surface area (Å²) in [7, 11) is -1.27. The van der Waals surface area contributed by atoms with Gasteiger partial charge in [-0.3, -0.25) is 4.79 Å².